The molecule has 0 unspecified atom stereocenters. The molecule has 0 aliphatic carbocycles. The molecule has 4 aromatic rings. The minimum atomic E-state index is -0.540. The van der Waals surface area contributed by atoms with Crippen LogP contribution in [0, 0.1) is 32.1 Å². The molecule has 1 amide bonds. The van der Waals surface area contributed by atoms with Gasteiger partial charge in [0.1, 0.15) is 11.6 Å². The first-order valence-electron chi connectivity index (χ1n) is 12.7. The van der Waals surface area contributed by atoms with Gasteiger partial charge in [0.15, 0.2) is 18.1 Å². The molecule has 0 fully saturated rings. The Labute approximate surface area is 232 Å². The first-order chi connectivity index (χ1) is 19.3. The molecular formula is C31H29N5O4. The number of ether oxygens (including phenoxy) is 3. The second kappa shape index (κ2) is 10.9. The molecule has 202 valence electrons. The van der Waals surface area contributed by atoms with Crippen molar-refractivity contribution in [2.75, 3.05) is 19.0 Å². The Bertz CT molecular complexity index is 1670. The lowest BCUT2D eigenvalue weighted by Gasteiger charge is -2.25. The second-order valence-electron chi connectivity index (χ2n) is 9.52. The lowest BCUT2D eigenvalue weighted by Crippen LogP contribution is -2.22. The second-order valence-corrected chi connectivity index (χ2v) is 9.52. The number of fused-ring (bicyclic) bond motifs is 1. The molecule has 1 aliphatic rings. The van der Waals surface area contributed by atoms with Crippen molar-refractivity contribution in [2.45, 2.75) is 26.7 Å². The largest absolute Gasteiger partial charge is 0.493 e. The van der Waals surface area contributed by atoms with Gasteiger partial charge >= 0.3 is 0 Å². The molecule has 1 aromatic heterocycles. The molecule has 3 N–H and O–H groups in total. The number of hydrogen-bond acceptors (Lipinski definition) is 7. The van der Waals surface area contributed by atoms with E-state index in [1.54, 1.807) is 16.8 Å². The van der Waals surface area contributed by atoms with E-state index in [9.17, 15) is 10.1 Å². The van der Waals surface area contributed by atoms with E-state index < -0.39 is 5.92 Å². The SMILES string of the molecule is COc1cc([C@H]2C(C#N)=C(N)Oc3c2c(C)nn3-c2ccccc2)ccc1OCC(=O)Nc1ccc(C)c(C)c1. The Morgan fingerprint density at radius 3 is 2.55 bits per heavy atom. The van der Waals surface area contributed by atoms with Gasteiger partial charge in [0.2, 0.25) is 11.8 Å². The number of methoxy groups -OCH3 is 1. The van der Waals surface area contributed by atoms with Crippen molar-refractivity contribution in [3.63, 3.8) is 0 Å². The van der Waals surface area contributed by atoms with E-state index in [-0.39, 0.29) is 24.0 Å². The van der Waals surface area contributed by atoms with E-state index in [0.29, 0.717) is 28.8 Å². The van der Waals surface area contributed by atoms with Crippen LogP contribution in [0.2, 0.25) is 0 Å². The molecule has 3 aromatic carbocycles. The van der Waals surface area contributed by atoms with Gasteiger partial charge in [-0.1, -0.05) is 30.3 Å². The van der Waals surface area contributed by atoms with Gasteiger partial charge in [-0.15, -0.1) is 0 Å². The van der Waals surface area contributed by atoms with Gasteiger partial charge in [-0.3, -0.25) is 4.79 Å². The molecule has 0 saturated heterocycles. The zero-order valence-electron chi connectivity index (χ0n) is 22.7. The van der Waals surface area contributed by atoms with E-state index in [1.807, 2.05) is 75.4 Å². The van der Waals surface area contributed by atoms with E-state index in [0.717, 1.165) is 27.9 Å². The number of nitrogens with two attached hydrogens (primary N) is 1. The first kappa shape index (κ1) is 26.4. The van der Waals surface area contributed by atoms with E-state index in [1.165, 1.54) is 7.11 Å². The number of benzene rings is 3. The van der Waals surface area contributed by atoms with Crippen molar-refractivity contribution in [3.8, 4) is 29.1 Å². The van der Waals surface area contributed by atoms with Crippen LogP contribution in [0.3, 0.4) is 0 Å². The highest BCUT2D eigenvalue weighted by atomic mass is 16.5. The number of carbonyl (C=O) groups is 1. The summed E-state index contributed by atoms with van der Waals surface area (Å²) in [5.74, 6) is 0.429. The summed E-state index contributed by atoms with van der Waals surface area (Å²) < 4.78 is 19.0. The van der Waals surface area contributed by atoms with E-state index in [2.05, 4.69) is 11.4 Å². The van der Waals surface area contributed by atoms with Crippen molar-refractivity contribution in [1.29, 1.82) is 5.26 Å². The molecule has 0 bridgehead atoms. The summed E-state index contributed by atoms with van der Waals surface area (Å²) in [6.07, 6.45) is 0. The van der Waals surface area contributed by atoms with Crippen LogP contribution in [0.25, 0.3) is 5.69 Å². The normalized spacial score (nSPS) is 14.1. The zero-order valence-corrected chi connectivity index (χ0v) is 22.7. The van der Waals surface area contributed by atoms with Crippen LogP contribution in [-0.4, -0.2) is 29.4 Å². The molecule has 9 heteroatoms. The summed E-state index contributed by atoms with van der Waals surface area (Å²) in [7, 11) is 1.52. The Morgan fingerprint density at radius 2 is 1.85 bits per heavy atom. The average molecular weight is 536 g/mol. The van der Waals surface area contributed by atoms with Gasteiger partial charge in [0, 0.05) is 5.69 Å². The molecule has 1 aliphatic heterocycles. The topological polar surface area (TPSA) is 124 Å². The Kier molecular flexibility index (Phi) is 7.17. The number of nitrogens with one attached hydrogen (secondary N) is 1. The summed E-state index contributed by atoms with van der Waals surface area (Å²) in [5, 5.41) is 17.6. The molecule has 0 radical (unpaired) electrons. The maximum Gasteiger partial charge on any atom is 0.262 e. The number of carbonyl (C=O) groups excluding carboxylic acids is 1. The number of nitrogens with zero attached hydrogens (tertiary/aromatic N) is 3. The third-order valence-electron chi connectivity index (χ3n) is 6.90. The average Bonchev–Trinajstić information content (AvgIpc) is 3.28. The third-order valence-corrected chi connectivity index (χ3v) is 6.90. The van der Waals surface area contributed by atoms with Crippen LogP contribution in [-0.2, 0) is 4.79 Å². The maximum atomic E-state index is 12.6. The molecule has 0 saturated carbocycles. The number of amides is 1. The summed E-state index contributed by atoms with van der Waals surface area (Å²) in [6.45, 7) is 5.67. The van der Waals surface area contributed by atoms with Crippen molar-refractivity contribution < 1.29 is 19.0 Å². The minimum Gasteiger partial charge on any atom is -0.493 e. The van der Waals surface area contributed by atoms with E-state index >= 15 is 0 Å². The van der Waals surface area contributed by atoms with Crippen LogP contribution in [0.4, 0.5) is 5.69 Å². The van der Waals surface area contributed by atoms with Crippen molar-refractivity contribution in [1.82, 2.24) is 9.78 Å². The molecule has 40 heavy (non-hydrogen) atoms. The minimum absolute atomic E-state index is 0.0133. The van der Waals surface area contributed by atoms with Gasteiger partial charge in [-0.2, -0.15) is 10.4 Å². The van der Waals surface area contributed by atoms with Crippen molar-refractivity contribution >= 4 is 11.6 Å². The molecule has 5 rings (SSSR count). The number of rotatable bonds is 7. The number of anilines is 1. The van der Waals surface area contributed by atoms with Crippen LogP contribution in [0.5, 0.6) is 17.4 Å². The number of aromatic nitrogens is 2. The number of para-hydroxylation sites is 1. The fourth-order valence-electron chi connectivity index (χ4n) is 4.73. The highest BCUT2D eigenvalue weighted by Gasteiger charge is 2.36. The first-order valence-corrected chi connectivity index (χ1v) is 12.7. The molecule has 9 nitrogen and oxygen atoms in total. The number of hydrogen-bond donors (Lipinski definition) is 2. The number of allylic oxidation sites excluding steroid dienone is 1. The van der Waals surface area contributed by atoms with Gasteiger partial charge in [0.25, 0.3) is 5.91 Å². The molecule has 2 heterocycles. The monoisotopic (exact) mass is 535 g/mol. The standard InChI is InChI=1S/C31H29N5O4/c1-18-10-12-22(14-19(18)2)34-27(37)17-39-25-13-11-21(15-26(25)38-4)29-24(16-32)30(33)40-31-28(29)20(3)35-36(31)23-8-6-5-7-9-23/h5-15,29H,17,33H2,1-4H3,(H,34,37)/t29-/m0/s1. The predicted octanol–water partition coefficient (Wildman–Crippen LogP) is 5.04. The molecular weight excluding hydrogens is 506 g/mol. The van der Waals surface area contributed by atoms with Gasteiger partial charge in [-0.05, 0) is 73.9 Å². The number of aryl methyl sites for hydroxylation is 3. The van der Waals surface area contributed by atoms with Gasteiger partial charge in [-0.25, -0.2) is 4.68 Å². The van der Waals surface area contributed by atoms with E-state index in [4.69, 9.17) is 25.0 Å². The summed E-state index contributed by atoms with van der Waals surface area (Å²) in [6, 6.07) is 22.8. The molecule has 0 spiro atoms. The summed E-state index contributed by atoms with van der Waals surface area (Å²) in [5.41, 5.74) is 12.4. The maximum absolute atomic E-state index is 12.6. The fraction of sp³-hybridized carbons (Fsp3) is 0.194. The Hall–Kier alpha value is -5.23. The van der Waals surface area contributed by atoms with Crippen molar-refractivity contribution in [2.24, 2.45) is 5.73 Å². The van der Waals surface area contributed by atoms with Gasteiger partial charge in [0.05, 0.1) is 30.0 Å². The fourth-order valence-corrected chi connectivity index (χ4v) is 4.73. The highest BCUT2D eigenvalue weighted by molar-refractivity contribution is 5.92. The van der Waals surface area contributed by atoms with Crippen LogP contribution >= 0.6 is 0 Å². The lowest BCUT2D eigenvalue weighted by molar-refractivity contribution is -0.118. The summed E-state index contributed by atoms with van der Waals surface area (Å²) in [4.78, 5) is 12.6. The van der Waals surface area contributed by atoms with Crippen LogP contribution in [0.15, 0.2) is 78.2 Å². The predicted molar refractivity (Wildman–Crippen MR) is 151 cm³/mol. The lowest BCUT2D eigenvalue weighted by atomic mass is 9.84. The quantitative estimate of drug-likeness (QED) is 0.340. The summed E-state index contributed by atoms with van der Waals surface area (Å²) >= 11 is 0. The zero-order chi connectivity index (χ0) is 28.4. The van der Waals surface area contributed by atoms with Gasteiger partial charge < -0.3 is 25.3 Å². The number of nitriles is 1. The van der Waals surface area contributed by atoms with Crippen molar-refractivity contribution in [3.05, 3.63) is 106 Å². The third kappa shape index (κ3) is 4.95. The van der Waals surface area contributed by atoms with Crippen LogP contribution in [0.1, 0.15) is 33.9 Å². The Balaban J connectivity index is 1.43. The Morgan fingerprint density at radius 1 is 1.07 bits per heavy atom. The molecule has 1 atom stereocenters. The van der Waals surface area contributed by atoms with Crippen LogP contribution < -0.4 is 25.3 Å². The highest BCUT2D eigenvalue weighted by Crippen LogP contribution is 2.46. The smallest absolute Gasteiger partial charge is 0.262 e.